The molecule has 0 aliphatic rings. The van der Waals surface area contributed by atoms with Crippen molar-refractivity contribution in [3.8, 4) is 16.9 Å². The number of anilines is 1. The molecule has 6 nitrogen and oxygen atoms in total. The van der Waals surface area contributed by atoms with E-state index in [-0.39, 0.29) is 24.7 Å². The molecule has 172 valence electrons. The minimum Gasteiger partial charge on any atom is -0.352 e. The second kappa shape index (κ2) is 11.3. The fourth-order valence-electron chi connectivity index (χ4n) is 3.52. The van der Waals surface area contributed by atoms with Crippen LogP contribution in [0.15, 0.2) is 91.0 Å². The quantitative estimate of drug-likeness (QED) is 0.332. The molecule has 0 atom stereocenters. The smallest absolute Gasteiger partial charge is 0.225 e. The number of hydrogen-bond acceptors (Lipinski definition) is 3. The summed E-state index contributed by atoms with van der Waals surface area (Å²) < 4.78 is 1.67. The van der Waals surface area contributed by atoms with Gasteiger partial charge in [-0.15, -0.1) is 0 Å². The van der Waals surface area contributed by atoms with Crippen LogP contribution >= 0.6 is 11.6 Å². The molecule has 0 bridgehead atoms. The minimum atomic E-state index is -0.182. The zero-order valence-electron chi connectivity index (χ0n) is 18.6. The molecule has 1 aromatic heterocycles. The highest BCUT2D eigenvalue weighted by atomic mass is 35.5. The van der Waals surface area contributed by atoms with E-state index >= 15 is 0 Å². The van der Waals surface area contributed by atoms with Gasteiger partial charge in [0.15, 0.2) is 0 Å². The Morgan fingerprint density at radius 2 is 1.53 bits per heavy atom. The standard InChI is InChI=1S/C27H25ClN4O2/c28-22-13-7-14-23(17-22)32-25(18-24(31-32)21-11-5-2-6-12-21)30-27(34)16-8-15-26(33)29-19-20-9-3-1-4-10-20/h1-7,9-14,17-18H,8,15-16,19H2,(H,29,33)(H,30,34). The highest BCUT2D eigenvalue weighted by Gasteiger charge is 2.14. The first-order chi connectivity index (χ1) is 16.6. The number of halogens is 1. The molecule has 0 aliphatic heterocycles. The number of aromatic nitrogens is 2. The van der Waals surface area contributed by atoms with Gasteiger partial charge in [-0.05, 0) is 30.2 Å². The van der Waals surface area contributed by atoms with Crippen molar-refractivity contribution in [1.29, 1.82) is 0 Å². The summed E-state index contributed by atoms with van der Waals surface area (Å²) in [5, 5.41) is 11.1. The van der Waals surface area contributed by atoms with Crippen LogP contribution in [-0.2, 0) is 16.1 Å². The molecule has 2 N–H and O–H groups in total. The van der Waals surface area contributed by atoms with Gasteiger partial charge < -0.3 is 10.6 Å². The van der Waals surface area contributed by atoms with E-state index < -0.39 is 0 Å². The second-order valence-corrected chi connectivity index (χ2v) is 8.27. The third-order valence-electron chi connectivity index (χ3n) is 5.24. The van der Waals surface area contributed by atoms with Crippen molar-refractivity contribution >= 4 is 29.2 Å². The summed E-state index contributed by atoms with van der Waals surface area (Å²) in [4.78, 5) is 24.8. The maximum absolute atomic E-state index is 12.7. The number of benzene rings is 3. The molecule has 0 aliphatic carbocycles. The molecular formula is C27H25ClN4O2. The van der Waals surface area contributed by atoms with Crippen LogP contribution < -0.4 is 10.6 Å². The van der Waals surface area contributed by atoms with Crippen molar-refractivity contribution in [1.82, 2.24) is 15.1 Å². The van der Waals surface area contributed by atoms with Crippen LogP contribution in [-0.4, -0.2) is 21.6 Å². The Bertz CT molecular complexity index is 1260. The third-order valence-corrected chi connectivity index (χ3v) is 5.47. The summed E-state index contributed by atoms with van der Waals surface area (Å²) in [7, 11) is 0. The lowest BCUT2D eigenvalue weighted by molar-refractivity contribution is -0.121. The van der Waals surface area contributed by atoms with Crippen LogP contribution in [0, 0.1) is 0 Å². The third kappa shape index (κ3) is 6.33. The summed E-state index contributed by atoms with van der Waals surface area (Å²) in [5.74, 6) is 0.283. The lowest BCUT2D eigenvalue weighted by atomic mass is 10.1. The Labute approximate surface area is 203 Å². The molecule has 0 saturated carbocycles. The molecule has 0 fully saturated rings. The molecule has 0 unspecified atom stereocenters. The molecule has 0 radical (unpaired) electrons. The lowest BCUT2D eigenvalue weighted by Crippen LogP contribution is -2.23. The van der Waals surface area contributed by atoms with Gasteiger partial charge in [-0.3, -0.25) is 9.59 Å². The van der Waals surface area contributed by atoms with Gasteiger partial charge in [0, 0.05) is 36.0 Å². The molecule has 7 heteroatoms. The SMILES string of the molecule is O=C(CCCC(=O)Nc1cc(-c2ccccc2)nn1-c1cccc(Cl)c1)NCc1ccccc1. The van der Waals surface area contributed by atoms with Crippen LogP contribution in [0.25, 0.3) is 16.9 Å². The van der Waals surface area contributed by atoms with Crippen molar-refractivity contribution in [2.45, 2.75) is 25.8 Å². The predicted octanol–water partition coefficient (Wildman–Crippen LogP) is 5.62. The molecule has 0 saturated heterocycles. The van der Waals surface area contributed by atoms with Crippen LogP contribution in [0.2, 0.25) is 5.02 Å². The first-order valence-electron chi connectivity index (χ1n) is 11.1. The van der Waals surface area contributed by atoms with Crippen molar-refractivity contribution < 1.29 is 9.59 Å². The molecule has 4 rings (SSSR count). The number of rotatable bonds is 9. The van der Waals surface area contributed by atoms with Gasteiger partial charge in [0.2, 0.25) is 11.8 Å². The minimum absolute atomic E-state index is 0.0769. The van der Waals surface area contributed by atoms with Crippen molar-refractivity contribution in [2.24, 2.45) is 0 Å². The largest absolute Gasteiger partial charge is 0.352 e. The molecule has 2 amide bonds. The highest BCUT2D eigenvalue weighted by Crippen LogP contribution is 2.26. The number of carbonyl (C=O) groups is 2. The van der Waals surface area contributed by atoms with Gasteiger partial charge in [-0.25, -0.2) is 4.68 Å². The number of hydrogen-bond donors (Lipinski definition) is 2. The summed E-state index contributed by atoms with van der Waals surface area (Å²) in [5.41, 5.74) is 3.45. The van der Waals surface area contributed by atoms with E-state index in [0.29, 0.717) is 23.8 Å². The van der Waals surface area contributed by atoms with Gasteiger partial charge >= 0.3 is 0 Å². The Balaban J connectivity index is 1.38. The molecular weight excluding hydrogens is 448 g/mol. The van der Waals surface area contributed by atoms with E-state index in [1.807, 2.05) is 78.9 Å². The molecule has 1 heterocycles. The zero-order valence-corrected chi connectivity index (χ0v) is 19.3. The van der Waals surface area contributed by atoms with E-state index in [4.69, 9.17) is 11.6 Å². The van der Waals surface area contributed by atoms with Crippen LogP contribution in [0.4, 0.5) is 5.82 Å². The first kappa shape index (κ1) is 23.3. The van der Waals surface area contributed by atoms with E-state index in [9.17, 15) is 9.59 Å². The lowest BCUT2D eigenvalue weighted by Gasteiger charge is -2.09. The van der Waals surface area contributed by atoms with E-state index in [0.717, 1.165) is 22.5 Å². The Morgan fingerprint density at radius 1 is 0.824 bits per heavy atom. The van der Waals surface area contributed by atoms with Gasteiger partial charge in [0.05, 0.1) is 11.4 Å². The van der Waals surface area contributed by atoms with Crippen molar-refractivity contribution in [3.63, 3.8) is 0 Å². The number of amides is 2. The number of carbonyl (C=O) groups excluding carboxylic acids is 2. The highest BCUT2D eigenvalue weighted by molar-refractivity contribution is 6.30. The Morgan fingerprint density at radius 3 is 2.26 bits per heavy atom. The van der Waals surface area contributed by atoms with Gasteiger partial charge in [-0.2, -0.15) is 5.10 Å². The molecule has 4 aromatic rings. The molecule has 34 heavy (non-hydrogen) atoms. The Kier molecular flexibility index (Phi) is 7.73. The fraction of sp³-hybridized carbons (Fsp3) is 0.148. The van der Waals surface area contributed by atoms with Crippen molar-refractivity contribution in [3.05, 3.63) is 102 Å². The van der Waals surface area contributed by atoms with Crippen LogP contribution in [0.3, 0.4) is 0 Å². The van der Waals surface area contributed by atoms with E-state index in [1.54, 1.807) is 16.8 Å². The molecule has 3 aromatic carbocycles. The average molecular weight is 473 g/mol. The average Bonchev–Trinajstić information content (AvgIpc) is 3.27. The Hall–Kier alpha value is -3.90. The second-order valence-electron chi connectivity index (χ2n) is 7.84. The number of nitrogens with zero attached hydrogens (tertiary/aromatic N) is 2. The van der Waals surface area contributed by atoms with Gasteiger partial charge in [0.25, 0.3) is 0 Å². The summed E-state index contributed by atoms with van der Waals surface area (Å²) in [6.45, 7) is 0.479. The summed E-state index contributed by atoms with van der Waals surface area (Å²) >= 11 is 6.17. The van der Waals surface area contributed by atoms with E-state index in [1.165, 1.54) is 0 Å². The summed E-state index contributed by atoms with van der Waals surface area (Å²) in [6.07, 6.45) is 0.951. The maximum Gasteiger partial charge on any atom is 0.225 e. The van der Waals surface area contributed by atoms with Crippen LogP contribution in [0.5, 0.6) is 0 Å². The van der Waals surface area contributed by atoms with Gasteiger partial charge in [0.1, 0.15) is 5.82 Å². The maximum atomic E-state index is 12.7. The zero-order chi connectivity index (χ0) is 23.8. The van der Waals surface area contributed by atoms with E-state index in [2.05, 4.69) is 15.7 Å². The summed E-state index contributed by atoms with van der Waals surface area (Å²) in [6, 6.07) is 28.6. The molecule has 0 spiro atoms. The van der Waals surface area contributed by atoms with Gasteiger partial charge in [-0.1, -0.05) is 78.3 Å². The van der Waals surface area contributed by atoms with Crippen molar-refractivity contribution in [2.75, 3.05) is 5.32 Å². The van der Waals surface area contributed by atoms with Crippen LogP contribution in [0.1, 0.15) is 24.8 Å². The monoisotopic (exact) mass is 472 g/mol. The topological polar surface area (TPSA) is 76.0 Å². The predicted molar refractivity (Wildman–Crippen MR) is 135 cm³/mol. The number of nitrogens with one attached hydrogen (secondary N) is 2. The fourth-order valence-corrected chi connectivity index (χ4v) is 3.71. The first-order valence-corrected chi connectivity index (χ1v) is 11.5. The normalized spacial score (nSPS) is 10.6.